The highest BCUT2D eigenvalue weighted by atomic mass is 35.5. The molecule has 1 N–H and O–H groups in total. The average Bonchev–Trinajstić information content (AvgIpc) is 3.03. The molecule has 0 amide bonds. The molecule has 0 radical (unpaired) electrons. The zero-order valence-corrected chi connectivity index (χ0v) is 14.8. The Balaban J connectivity index is 1.84. The standard InChI is InChI=1S/C15H12ClN3O3S2/c1-22-10-6-8-11(9-7-10)24(20,21)19-15-18-17-14(23-15)12-4-2-3-5-13(12)16/h2-9H,1H3,(H,18,19). The summed E-state index contributed by atoms with van der Waals surface area (Å²) in [5.41, 5.74) is 0.701. The second-order valence-electron chi connectivity index (χ2n) is 4.67. The highest BCUT2D eigenvalue weighted by molar-refractivity contribution is 7.93. The topological polar surface area (TPSA) is 81.2 Å². The number of rotatable bonds is 5. The van der Waals surface area contributed by atoms with Crippen molar-refractivity contribution >= 4 is 38.1 Å². The average molecular weight is 382 g/mol. The first-order valence-electron chi connectivity index (χ1n) is 6.75. The molecule has 0 bridgehead atoms. The van der Waals surface area contributed by atoms with Crippen LogP contribution in [0.25, 0.3) is 10.6 Å². The molecule has 2 aromatic carbocycles. The molecule has 0 aliphatic rings. The van der Waals surface area contributed by atoms with Crippen LogP contribution >= 0.6 is 22.9 Å². The predicted octanol–water partition coefficient (Wildman–Crippen LogP) is 3.67. The van der Waals surface area contributed by atoms with Gasteiger partial charge in [0.1, 0.15) is 5.75 Å². The van der Waals surface area contributed by atoms with Crippen molar-refractivity contribution in [1.82, 2.24) is 10.2 Å². The molecule has 124 valence electrons. The van der Waals surface area contributed by atoms with Crippen molar-refractivity contribution in [2.75, 3.05) is 11.8 Å². The van der Waals surface area contributed by atoms with E-state index in [4.69, 9.17) is 16.3 Å². The minimum absolute atomic E-state index is 0.109. The Bertz CT molecular complexity index is 956. The SMILES string of the molecule is COc1ccc(S(=O)(=O)Nc2nnc(-c3ccccc3Cl)s2)cc1. The Kier molecular flexibility index (Phi) is 4.70. The first kappa shape index (κ1) is 16.7. The molecule has 0 saturated heterocycles. The summed E-state index contributed by atoms with van der Waals surface area (Å²) in [5.74, 6) is 0.575. The van der Waals surface area contributed by atoms with E-state index in [1.54, 1.807) is 30.3 Å². The fourth-order valence-electron chi connectivity index (χ4n) is 1.94. The number of sulfonamides is 1. The van der Waals surface area contributed by atoms with Crippen LogP contribution in [0.3, 0.4) is 0 Å². The maximum absolute atomic E-state index is 12.4. The molecule has 0 spiro atoms. The number of halogens is 1. The Labute approximate surface area is 148 Å². The second kappa shape index (κ2) is 6.76. The molecule has 9 heteroatoms. The quantitative estimate of drug-likeness (QED) is 0.729. The van der Waals surface area contributed by atoms with Gasteiger partial charge in [0, 0.05) is 5.56 Å². The van der Waals surface area contributed by atoms with Crippen LogP contribution in [-0.4, -0.2) is 25.7 Å². The Hall–Kier alpha value is -2.16. The third-order valence-electron chi connectivity index (χ3n) is 3.12. The molecule has 24 heavy (non-hydrogen) atoms. The molecule has 1 heterocycles. The van der Waals surface area contributed by atoms with E-state index in [2.05, 4.69) is 14.9 Å². The molecule has 0 aliphatic carbocycles. The lowest BCUT2D eigenvalue weighted by Gasteiger charge is -2.05. The van der Waals surface area contributed by atoms with Gasteiger partial charge in [-0.3, -0.25) is 4.72 Å². The summed E-state index contributed by atoms with van der Waals surface area (Å²) in [6.45, 7) is 0. The number of methoxy groups -OCH3 is 1. The van der Waals surface area contributed by atoms with Gasteiger partial charge in [0.05, 0.1) is 17.0 Å². The van der Waals surface area contributed by atoms with Gasteiger partial charge in [-0.2, -0.15) is 0 Å². The number of hydrogen-bond donors (Lipinski definition) is 1. The van der Waals surface area contributed by atoms with E-state index in [0.29, 0.717) is 21.3 Å². The molecule has 0 unspecified atom stereocenters. The number of benzene rings is 2. The van der Waals surface area contributed by atoms with Gasteiger partial charge < -0.3 is 4.74 Å². The number of anilines is 1. The number of ether oxygens (including phenoxy) is 1. The molecule has 3 aromatic rings. The van der Waals surface area contributed by atoms with Crippen molar-refractivity contribution in [3.8, 4) is 16.3 Å². The molecular formula is C15H12ClN3O3S2. The van der Waals surface area contributed by atoms with Crippen molar-refractivity contribution < 1.29 is 13.2 Å². The molecule has 3 rings (SSSR count). The fraction of sp³-hybridized carbons (Fsp3) is 0.0667. The normalized spacial score (nSPS) is 11.2. The number of hydrogen-bond acceptors (Lipinski definition) is 6. The third-order valence-corrected chi connectivity index (χ3v) is 5.81. The third kappa shape index (κ3) is 3.50. The first-order valence-corrected chi connectivity index (χ1v) is 9.42. The molecule has 0 atom stereocenters. The van der Waals surface area contributed by atoms with Crippen molar-refractivity contribution in [1.29, 1.82) is 0 Å². The Morgan fingerprint density at radius 3 is 2.46 bits per heavy atom. The van der Waals surface area contributed by atoms with Crippen molar-refractivity contribution in [3.05, 3.63) is 53.6 Å². The zero-order valence-electron chi connectivity index (χ0n) is 12.4. The predicted molar refractivity (Wildman–Crippen MR) is 94.2 cm³/mol. The van der Waals surface area contributed by atoms with E-state index in [-0.39, 0.29) is 10.0 Å². The second-order valence-corrected chi connectivity index (χ2v) is 7.74. The van der Waals surface area contributed by atoms with Gasteiger partial charge in [-0.15, -0.1) is 10.2 Å². The molecule has 6 nitrogen and oxygen atoms in total. The molecular weight excluding hydrogens is 370 g/mol. The van der Waals surface area contributed by atoms with Gasteiger partial charge in [-0.05, 0) is 30.3 Å². The van der Waals surface area contributed by atoms with E-state index in [9.17, 15) is 8.42 Å². The van der Waals surface area contributed by atoms with Crippen molar-refractivity contribution in [2.24, 2.45) is 0 Å². The van der Waals surface area contributed by atoms with Crippen LogP contribution in [-0.2, 0) is 10.0 Å². The minimum atomic E-state index is -3.75. The van der Waals surface area contributed by atoms with Gasteiger partial charge in [0.2, 0.25) is 5.13 Å². The lowest BCUT2D eigenvalue weighted by Crippen LogP contribution is -2.12. The van der Waals surface area contributed by atoms with Crippen LogP contribution in [0.4, 0.5) is 5.13 Å². The van der Waals surface area contributed by atoms with E-state index in [1.165, 1.54) is 19.2 Å². The van der Waals surface area contributed by atoms with Gasteiger partial charge in [0.15, 0.2) is 5.01 Å². The van der Waals surface area contributed by atoms with E-state index in [0.717, 1.165) is 11.3 Å². The number of aromatic nitrogens is 2. The van der Waals surface area contributed by atoms with Crippen molar-refractivity contribution in [2.45, 2.75) is 4.90 Å². The molecule has 0 aliphatic heterocycles. The van der Waals surface area contributed by atoms with Gasteiger partial charge in [-0.1, -0.05) is 41.1 Å². The van der Waals surface area contributed by atoms with E-state index < -0.39 is 10.0 Å². The summed E-state index contributed by atoms with van der Waals surface area (Å²) in [7, 11) is -2.23. The van der Waals surface area contributed by atoms with E-state index in [1.807, 2.05) is 6.07 Å². The highest BCUT2D eigenvalue weighted by Gasteiger charge is 2.18. The van der Waals surface area contributed by atoms with Gasteiger partial charge >= 0.3 is 0 Å². The molecule has 1 aromatic heterocycles. The van der Waals surface area contributed by atoms with Gasteiger partial charge in [-0.25, -0.2) is 8.42 Å². The van der Waals surface area contributed by atoms with Crippen molar-refractivity contribution in [3.63, 3.8) is 0 Å². The lowest BCUT2D eigenvalue weighted by molar-refractivity contribution is 0.414. The monoisotopic (exact) mass is 381 g/mol. The van der Waals surface area contributed by atoms with Crippen LogP contribution in [0.15, 0.2) is 53.4 Å². The lowest BCUT2D eigenvalue weighted by atomic mass is 10.2. The fourth-order valence-corrected chi connectivity index (χ4v) is 4.23. The highest BCUT2D eigenvalue weighted by Crippen LogP contribution is 2.32. The molecule has 0 fully saturated rings. The Morgan fingerprint density at radius 2 is 1.79 bits per heavy atom. The van der Waals surface area contributed by atoms with Crippen LogP contribution in [0.2, 0.25) is 5.02 Å². The summed E-state index contributed by atoms with van der Waals surface area (Å²) in [6, 6.07) is 13.2. The minimum Gasteiger partial charge on any atom is -0.497 e. The first-order chi connectivity index (χ1) is 11.5. The van der Waals surface area contributed by atoms with E-state index >= 15 is 0 Å². The maximum Gasteiger partial charge on any atom is 0.263 e. The largest absolute Gasteiger partial charge is 0.497 e. The number of nitrogens with zero attached hydrogens (tertiary/aromatic N) is 2. The summed E-state index contributed by atoms with van der Waals surface area (Å²) in [5, 5.41) is 9.09. The van der Waals surface area contributed by atoms with Gasteiger partial charge in [0.25, 0.3) is 10.0 Å². The van der Waals surface area contributed by atoms with Crippen LogP contribution in [0.5, 0.6) is 5.75 Å². The van der Waals surface area contributed by atoms with Crippen LogP contribution < -0.4 is 9.46 Å². The Morgan fingerprint density at radius 1 is 1.08 bits per heavy atom. The van der Waals surface area contributed by atoms with Crippen LogP contribution in [0, 0.1) is 0 Å². The molecule has 0 saturated carbocycles. The zero-order chi connectivity index (χ0) is 17.2. The number of nitrogens with one attached hydrogen (secondary N) is 1. The summed E-state index contributed by atoms with van der Waals surface area (Å²) < 4.78 is 32.2. The smallest absolute Gasteiger partial charge is 0.263 e. The summed E-state index contributed by atoms with van der Waals surface area (Å²) >= 11 is 7.22. The summed E-state index contributed by atoms with van der Waals surface area (Å²) in [4.78, 5) is 0.109. The maximum atomic E-state index is 12.4. The summed E-state index contributed by atoms with van der Waals surface area (Å²) in [6.07, 6.45) is 0. The van der Waals surface area contributed by atoms with Crippen LogP contribution in [0.1, 0.15) is 0 Å².